The highest BCUT2D eigenvalue weighted by Gasteiger charge is 2.46. The fraction of sp³-hybridized carbons (Fsp3) is 0.452. The standard InChI is InChI=1S/C31H35F2N5O3/c1-21-18-25-26(37-17-13-28(39)34-30(37)41)8-5-9-27(25)38(21)24-11-14-35(15-12-24)19-23-10-16-36(20-31(23,32)33)29(40)22-6-3-2-4-7-22/h2-9,18,23-24H,10-17,19-20H2,1H3,(H,34,39,41). The van der Waals surface area contributed by atoms with E-state index in [0.29, 0.717) is 25.2 Å². The molecule has 3 aliphatic rings. The summed E-state index contributed by atoms with van der Waals surface area (Å²) in [5.41, 5.74) is 3.34. The van der Waals surface area contributed by atoms with E-state index in [1.54, 1.807) is 35.2 Å². The largest absolute Gasteiger partial charge is 0.342 e. The van der Waals surface area contributed by atoms with Crippen LogP contribution in [0.2, 0.25) is 0 Å². The molecule has 2 aromatic carbocycles. The zero-order chi connectivity index (χ0) is 28.7. The van der Waals surface area contributed by atoms with Gasteiger partial charge in [0.1, 0.15) is 0 Å². The van der Waals surface area contributed by atoms with Gasteiger partial charge in [0.2, 0.25) is 5.91 Å². The molecule has 0 saturated carbocycles. The molecule has 4 amide bonds. The number of urea groups is 1. The van der Waals surface area contributed by atoms with Crippen molar-refractivity contribution in [1.82, 2.24) is 19.7 Å². The Balaban J connectivity index is 1.10. The summed E-state index contributed by atoms with van der Waals surface area (Å²) < 4.78 is 32.8. The van der Waals surface area contributed by atoms with Gasteiger partial charge in [-0.1, -0.05) is 24.3 Å². The first kappa shape index (κ1) is 27.4. The number of fused-ring (bicyclic) bond motifs is 1. The number of hydrogen-bond acceptors (Lipinski definition) is 4. The van der Waals surface area contributed by atoms with Crippen LogP contribution in [0.4, 0.5) is 19.3 Å². The van der Waals surface area contributed by atoms with E-state index < -0.39 is 24.4 Å². The normalized spacial score (nSPS) is 22.3. The fourth-order valence-electron chi connectivity index (χ4n) is 6.70. The maximum Gasteiger partial charge on any atom is 0.328 e. The predicted molar refractivity (Wildman–Crippen MR) is 152 cm³/mol. The second-order valence-electron chi connectivity index (χ2n) is 11.5. The summed E-state index contributed by atoms with van der Waals surface area (Å²) >= 11 is 0. The first-order valence-electron chi connectivity index (χ1n) is 14.4. The van der Waals surface area contributed by atoms with Crippen molar-refractivity contribution in [2.24, 2.45) is 5.92 Å². The summed E-state index contributed by atoms with van der Waals surface area (Å²) in [6.45, 7) is 3.97. The van der Waals surface area contributed by atoms with Gasteiger partial charge in [-0.25, -0.2) is 13.6 Å². The van der Waals surface area contributed by atoms with Gasteiger partial charge in [-0.2, -0.15) is 0 Å². The summed E-state index contributed by atoms with van der Waals surface area (Å²) in [5, 5.41) is 3.37. The van der Waals surface area contributed by atoms with Crippen molar-refractivity contribution in [3.63, 3.8) is 0 Å². The average Bonchev–Trinajstić information content (AvgIpc) is 3.30. The summed E-state index contributed by atoms with van der Waals surface area (Å²) in [4.78, 5) is 41.9. The summed E-state index contributed by atoms with van der Waals surface area (Å²) in [5.74, 6) is -4.31. The number of nitrogens with zero attached hydrogens (tertiary/aromatic N) is 4. The number of nitrogens with one attached hydrogen (secondary N) is 1. The van der Waals surface area contributed by atoms with E-state index in [-0.39, 0.29) is 30.7 Å². The number of likely N-dealkylation sites (tertiary alicyclic amines) is 2. The fourth-order valence-corrected chi connectivity index (χ4v) is 6.70. The number of hydrogen-bond donors (Lipinski definition) is 1. The topological polar surface area (TPSA) is 77.9 Å². The Morgan fingerprint density at radius 2 is 1.73 bits per heavy atom. The molecule has 3 fully saturated rings. The monoisotopic (exact) mass is 563 g/mol. The van der Waals surface area contributed by atoms with Crippen LogP contribution in [0.25, 0.3) is 10.9 Å². The molecule has 3 aromatic rings. The van der Waals surface area contributed by atoms with Crippen molar-refractivity contribution in [3.8, 4) is 0 Å². The third-order valence-corrected chi connectivity index (χ3v) is 8.85. The Morgan fingerprint density at radius 1 is 0.976 bits per heavy atom. The Hall–Kier alpha value is -3.79. The van der Waals surface area contributed by atoms with Crippen LogP contribution in [-0.2, 0) is 4.79 Å². The number of amides is 4. The maximum atomic E-state index is 15.2. The second-order valence-corrected chi connectivity index (χ2v) is 11.5. The van der Waals surface area contributed by atoms with Crippen molar-refractivity contribution in [2.45, 2.75) is 44.6 Å². The predicted octanol–water partition coefficient (Wildman–Crippen LogP) is 4.83. The summed E-state index contributed by atoms with van der Waals surface area (Å²) in [6.07, 6.45) is 2.22. The third-order valence-electron chi connectivity index (χ3n) is 8.85. The molecule has 0 spiro atoms. The van der Waals surface area contributed by atoms with E-state index in [1.165, 1.54) is 4.90 Å². The van der Waals surface area contributed by atoms with Gasteiger partial charge in [-0.15, -0.1) is 0 Å². The molecule has 216 valence electrons. The minimum absolute atomic E-state index is 0.224. The van der Waals surface area contributed by atoms with Gasteiger partial charge in [-0.3, -0.25) is 19.8 Å². The molecule has 0 aliphatic carbocycles. The van der Waals surface area contributed by atoms with Gasteiger partial charge in [0.15, 0.2) is 0 Å². The Labute approximate surface area is 237 Å². The highest BCUT2D eigenvalue weighted by Crippen LogP contribution is 2.38. The van der Waals surface area contributed by atoms with Crippen molar-refractivity contribution in [2.75, 3.05) is 44.2 Å². The van der Waals surface area contributed by atoms with E-state index >= 15 is 8.78 Å². The Morgan fingerprint density at radius 3 is 2.44 bits per heavy atom. The number of carbonyl (C=O) groups excluding carboxylic acids is 3. The number of rotatable bonds is 5. The molecule has 3 aliphatic heterocycles. The zero-order valence-electron chi connectivity index (χ0n) is 23.2. The van der Waals surface area contributed by atoms with Crippen LogP contribution in [0.15, 0.2) is 54.6 Å². The number of piperidine rings is 2. The minimum Gasteiger partial charge on any atom is -0.342 e. The molecule has 41 heavy (non-hydrogen) atoms. The quantitative estimate of drug-likeness (QED) is 0.483. The lowest BCUT2D eigenvalue weighted by atomic mass is 9.90. The molecule has 1 N–H and O–H groups in total. The highest BCUT2D eigenvalue weighted by molar-refractivity contribution is 6.09. The van der Waals surface area contributed by atoms with Crippen LogP contribution in [0.1, 0.15) is 47.8 Å². The van der Waals surface area contributed by atoms with E-state index in [4.69, 9.17) is 0 Å². The van der Waals surface area contributed by atoms with Gasteiger partial charge in [-0.05, 0) is 56.5 Å². The van der Waals surface area contributed by atoms with Crippen molar-refractivity contribution >= 4 is 34.4 Å². The molecule has 1 aromatic heterocycles. The average molecular weight is 564 g/mol. The molecule has 4 heterocycles. The minimum atomic E-state index is -2.94. The lowest BCUT2D eigenvalue weighted by Crippen LogP contribution is -2.54. The van der Waals surface area contributed by atoms with Crippen molar-refractivity contribution in [3.05, 3.63) is 65.9 Å². The Kier molecular flexibility index (Phi) is 7.27. The number of benzene rings is 2. The number of imide groups is 1. The molecule has 8 nitrogen and oxygen atoms in total. The zero-order valence-corrected chi connectivity index (χ0v) is 23.2. The number of aromatic nitrogens is 1. The van der Waals surface area contributed by atoms with Crippen LogP contribution in [0.3, 0.4) is 0 Å². The van der Waals surface area contributed by atoms with Gasteiger partial charge < -0.3 is 14.4 Å². The molecule has 1 unspecified atom stereocenters. The van der Waals surface area contributed by atoms with Crippen molar-refractivity contribution < 1.29 is 23.2 Å². The molecule has 0 bridgehead atoms. The number of carbonyl (C=O) groups is 3. The van der Waals surface area contributed by atoms with Crippen LogP contribution >= 0.6 is 0 Å². The van der Waals surface area contributed by atoms with E-state index in [9.17, 15) is 14.4 Å². The molecular formula is C31H35F2N5O3. The van der Waals surface area contributed by atoms with Crippen LogP contribution < -0.4 is 10.2 Å². The molecule has 1 atom stereocenters. The first-order chi connectivity index (χ1) is 19.7. The second kappa shape index (κ2) is 10.9. The van der Waals surface area contributed by atoms with E-state index in [1.807, 2.05) is 12.1 Å². The third kappa shape index (κ3) is 5.32. The summed E-state index contributed by atoms with van der Waals surface area (Å²) in [6, 6.07) is 16.4. The van der Waals surface area contributed by atoms with Crippen molar-refractivity contribution in [1.29, 1.82) is 0 Å². The first-order valence-corrected chi connectivity index (χ1v) is 14.4. The van der Waals surface area contributed by atoms with Crippen LogP contribution in [0, 0.1) is 12.8 Å². The SMILES string of the molecule is Cc1cc2c(N3CCC(=O)NC3=O)cccc2n1C1CCN(CC2CCN(C(=O)c3ccccc3)CC2(F)F)CC1. The van der Waals surface area contributed by atoms with Crippen LogP contribution in [0.5, 0.6) is 0 Å². The maximum absolute atomic E-state index is 15.2. The molecule has 6 rings (SSSR count). The van der Waals surface area contributed by atoms with E-state index in [2.05, 4.69) is 33.8 Å². The number of aryl methyl sites for hydroxylation is 1. The van der Waals surface area contributed by atoms with Gasteiger partial charge >= 0.3 is 6.03 Å². The number of anilines is 1. The van der Waals surface area contributed by atoms with Gasteiger partial charge in [0, 0.05) is 67.7 Å². The lowest BCUT2D eigenvalue weighted by Gasteiger charge is -2.42. The lowest BCUT2D eigenvalue weighted by molar-refractivity contribution is -0.120. The van der Waals surface area contributed by atoms with E-state index in [0.717, 1.165) is 48.2 Å². The summed E-state index contributed by atoms with van der Waals surface area (Å²) in [7, 11) is 0. The number of alkyl halides is 2. The molecule has 3 saturated heterocycles. The smallest absolute Gasteiger partial charge is 0.328 e. The molecular weight excluding hydrogens is 528 g/mol. The highest BCUT2D eigenvalue weighted by atomic mass is 19.3. The van der Waals surface area contributed by atoms with Crippen LogP contribution in [-0.4, -0.2) is 77.4 Å². The molecule has 0 radical (unpaired) electrons. The molecule has 10 heteroatoms. The van der Waals surface area contributed by atoms with Gasteiger partial charge in [0.25, 0.3) is 11.8 Å². The Bertz CT molecular complexity index is 1470. The number of halogens is 2. The van der Waals surface area contributed by atoms with Gasteiger partial charge in [0.05, 0.1) is 17.7 Å².